The largest absolute Gasteiger partial charge is 0.336 e. The molecule has 64 valence electrons. The number of nitrogens with zero attached hydrogens (tertiary/aromatic N) is 2. The van der Waals surface area contributed by atoms with Crippen LogP contribution >= 0.6 is 24.0 Å². The van der Waals surface area contributed by atoms with Gasteiger partial charge in [0.15, 0.2) is 4.32 Å². The van der Waals surface area contributed by atoms with Crippen molar-refractivity contribution >= 4 is 28.3 Å². The van der Waals surface area contributed by atoms with E-state index in [4.69, 9.17) is 12.2 Å². The molecule has 1 heterocycles. The summed E-state index contributed by atoms with van der Waals surface area (Å²) < 4.78 is 2.60. The SMILES string of the molecule is CSC(=S)/N=c1\ccccn1C. The zero-order valence-electron chi connectivity index (χ0n) is 7.02. The first-order valence-corrected chi connectivity index (χ1v) is 5.11. The van der Waals surface area contributed by atoms with Crippen LogP contribution in [0.3, 0.4) is 0 Å². The van der Waals surface area contributed by atoms with Crippen LogP contribution in [0.4, 0.5) is 0 Å². The molecule has 1 aromatic rings. The lowest BCUT2D eigenvalue weighted by atomic mass is 10.5. The maximum atomic E-state index is 4.98. The van der Waals surface area contributed by atoms with Gasteiger partial charge in [-0.3, -0.25) is 0 Å². The fraction of sp³-hybridized carbons (Fsp3) is 0.250. The molecule has 0 unspecified atom stereocenters. The van der Waals surface area contributed by atoms with Gasteiger partial charge in [-0.15, -0.1) is 0 Å². The summed E-state index contributed by atoms with van der Waals surface area (Å²) in [6, 6.07) is 5.84. The van der Waals surface area contributed by atoms with E-state index in [9.17, 15) is 0 Å². The summed E-state index contributed by atoms with van der Waals surface area (Å²) in [5.74, 6) is 0. The summed E-state index contributed by atoms with van der Waals surface area (Å²) in [7, 11) is 1.95. The molecule has 0 spiro atoms. The van der Waals surface area contributed by atoms with Gasteiger partial charge < -0.3 is 4.57 Å². The van der Waals surface area contributed by atoms with E-state index in [2.05, 4.69) is 4.99 Å². The Bertz CT molecular complexity index is 341. The molecular weight excluding hydrogens is 188 g/mol. The first kappa shape index (κ1) is 9.48. The molecule has 0 bridgehead atoms. The van der Waals surface area contributed by atoms with Crippen molar-refractivity contribution in [3.8, 4) is 0 Å². The van der Waals surface area contributed by atoms with Gasteiger partial charge in [0, 0.05) is 13.2 Å². The normalized spacial score (nSPS) is 11.7. The van der Waals surface area contributed by atoms with E-state index < -0.39 is 0 Å². The van der Waals surface area contributed by atoms with Crippen molar-refractivity contribution in [1.29, 1.82) is 0 Å². The average molecular weight is 198 g/mol. The second-order valence-electron chi connectivity index (χ2n) is 2.25. The van der Waals surface area contributed by atoms with E-state index in [-0.39, 0.29) is 0 Å². The van der Waals surface area contributed by atoms with Gasteiger partial charge in [-0.25, -0.2) is 4.99 Å². The number of hydrogen-bond acceptors (Lipinski definition) is 2. The summed E-state index contributed by atoms with van der Waals surface area (Å²) >= 11 is 6.46. The van der Waals surface area contributed by atoms with Gasteiger partial charge in [0.1, 0.15) is 5.49 Å². The Kier molecular flexibility index (Phi) is 3.49. The standard InChI is InChI=1S/C8H10N2S2/c1-10-6-4-3-5-7(10)9-8(11)12-2/h3-6H,1-2H3/b9-7+. The fourth-order valence-electron chi connectivity index (χ4n) is 0.770. The minimum atomic E-state index is 0.664. The van der Waals surface area contributed by atoms with Gasteiger partial charge >= 0.3 is 0 Å². The summed E-state index contributed by atoms with van der Waals surface area (Å²) in [6.45, 7) is 0. The highest BCUT2D eigenvalue weighted by Gasteiger charge is 1.88. The third-order valence-electron chi connectivity index (χ3n) is 1.41. The van der Waals surface area contributed by atoms with Gasteiger partial charge in [0.2, 0.25) is 0 Å². The van der Waals surface area contributed by atoms with E-state index in [1.54, 1.807) is 0 Å². The van der Waals surface area contributed by atoms with Crippen LogP contribution in [0.15, 0.2) is 29.4 Å². The highest BCUT2D eigenvalue weighted by atomic mass is 32.2. The second-order valence-corrected chi connectivity index (χ2v) is 3.69. The zero-order chi connectivity index (χ0) is 8.97. The molecule has 0 amide bonds. The summed E-state index contributed by atoms with van der Waals surface area (Å²) in [5.41, 5.74) is 0.886. The number of aryl methyl sites for hydroxylation is 1. The van der Waals surface area contributed by atoms with E-state index in [1.807, 2.05) is 42.3 Å². The minimum Gasteiger partial charge on any atom is -0.336 e. The highest BCUT2D eigenvalue weighted by Crippen LogP contribution is 1.96. The number of aromatic nitrogens is 1. The average Bonchev–Trinajstić information content (AvgIpc) is 2.09. The van der Waals surface area contributed by atoms with Crippen LogP contribution in [0.1, 0.15) is 0 Å². The Balaban J connectivity index is 3.10. The van der Waals surface area contributed by atoms with E-state index in [1.165, 1.54) is 11.8 Å². The maximum absolute atomic E-state index is 4.98. The van der Waals surface area contributed by atoms with Gasteiger partial charge in [-0.1, -0.05) is 30.0 Å². The number of hydrogen-bond donors (Lipinski definition) is 0. The predicted molar refractivity (Wildman–Crippen MR) is 57.1 cm³/mol. The molecule has 0 saturated heterocycles. The topological polar surface area (TPSA) is 17.3 Å². The molecule has 2 nitrogen and oxygen atoms in total. The molecule has 12 heavy (non-hydrogen) atoms. The van der Waals surface area contributed by atoms with Gasteiger partial charge in [-0.2, -0.15) is 0 Å². The van der Waals surface area contributed by atoms with Gasteiger partial charge in [-0.05, 0) is 18.4 Å². The first-order chi connectivity index (χ1) is 5.74. The highest BCUT2D eigenvalue weighted by molar-refractivity contribution is 8.22. The molecule has 0 aliphatic heterocycles. The molecule has 0 saturated carbocycles. The molecule has 4 heteroatoms. The van der Waals surface area contributed by atoms with Crippen LogP contribution in [0.25, 0.3) is 0 Å². The minimum absolute atomic E-state index is 0.664. The Hall–Kier alpha value is -0.610. The fourth-order valence-corrected chi connectivity index (χ4v) is 1.05. The third-order valence-corrected chi connectivity index (χ3v) is 2.44. The summed E-state index contributed by atoms with van der Waals surface area (Å²) in [6.07, 6.45) is 3.87. The Morgan fingerprint density at radius 2 is 2.33 bits per heavy atom. The molecular formula is C8H10N2S2. The lowest BCUT2D eigenvalue weighted by Crippen LogP contribution is -2.16. The monoisotopic (exact) mass is 198 g/mol. The van der Waals surface area contributed by atoms with E-state index in [0.29, 0.717) is 4.32 Å². The molecule has 0 aliphatic rings. The van der Waals surface area contributed by atoms with Gasteiger partial charge in [0.25, 0.3) is 0 Å². The Morgan fingerprint density at radius 3 is 2.92 bits per heavy atom. The summed E-state index contributed by atoms with van der Waals surface area (Å²) in [5, 5.41) is 0. The van der Waals surface area contributed by atoms with Crippen molar-refractivity contribution < 1.29 is 0 Å². The first-order valence-electron chi connectivity index (χ1n) is 3.48. The van der Waals surface area contributed by atoms with Crippen LogP contribution in [-0.4, -0.2) is 15.1 Å². The quantitative estimate of drug-likeness (QED) is 0.589. The second kappa shape index (κ2) is 4.42. The molecule has 0 aliphatic carbocycles. The molecule has 0 atom stereocenters. The molecule has 0 radical (unpaired) electrons. The van der Waals surface area contributed by atoms with E-state index in [0.717, 1.165) is 5.49 Å². The van der Waals surface area contributed by atoms with Crippen molar-refractivity contribution in [1.82, 2.24) is 4.57 Å². The van der Waals surface area contributed by atoms with Crippen LogP contribution < -0.4 is 5.49 Å². The molecule has 1 rings (SSSR count). The van der Waals surface area contributed by atoms with Crippen molar-refractivity contribution in [2.24, 2.45) is 12.0 Å². The van der Waals surface area contributed by atoms with E-state index >= 15 is 0 Å². The van der Waals surface area contributed by atoms with Crippen LogP contribution in [0.2, 0.25) is 0 Å². The number of thiocarbonyl (C=S) groups is 1. The molecule has 1 aromatic heterocycles. The molecule has 0 N–H and O–H groups in total. The third kappa shape index (κ3) is 2.46. The predicted octanol–water partition coefficient (Wildman–Crippen LogP) is 1.57. The number of rotatable bonds is 0. The number of thioether (sulfide) groups is 1. The lowest BCUT2D eigenvalue weighted by Gasteiger charge is -1.97. The smallest absolute Gasteiger partial charge is 0.161 e. The maximum Gasteiger partial charge on any atom is 0.161 e. The number of pyridine rings is 1. The van der Waals surface area contributed by atoms with Crippen LogP contribution in [0.5, 0.6) is 0 Å². The van der Waals surface area contributed by atoms with Gasteiger partial charge in [0.05, 0.1) is 0 Å². The Morgan fingerprint density at radius 1 is 1.58 bits per heavy atom. The molecule has 0 aromatic carbocycles. The van der Waals surface area contributed by atoms with Crippen LogP contribution in [-0.2, 0) is 7.05 Å². The van der Waals surface area contributed by atoms with Crippen molar-refractivity contribution in [3.05, 3.63) is 29.9 Å². The van der Waals surface area contributed by atoms with Crippen molar-refractivity contribution in [3.63, 3.8) is 0 Å². The lowest BCUT2D eigenvalue weighted by molar-refractivity contribution is 0.840. The van der Waals surface area contributed by atoms with Crippen molar-refractivity contribution in [2.45, 2.75) is 0 Å². The van der Waals surface area contributed by atoms with Crippen molar-refractivity contribution in [2.75, 3.05) is 6.26 Å². The zero-order valence-corrected chi connectivity index (χ0v) is 8.65. The van der Waals surface area contributed by atoms with Crippen LogP contribution in [0, 0.1) is 0 Å². The summed E-state index contributed by atoms with van der Waals surface area (Å²) in [4.78, 5) is 4.23. The molecule has 0 fully saturated rings. The Labute approximate surface area is 81.3 Å².